The second-order valence-electron chi connectivity index (χ2n) is 6.95. The fraction of sp³-hybridized carbons (Fsp3) is 1.00. The highest BCUT2D eigenvalue weighted by atomic mass is 15.2. The van der Waals surface area contributed by atoms with Crippen LogP contribution in [0, 0.1) is 17.8 Å². The van der Waals surface area contributed by atoms with Crippen molar-refractivity contribution in [2.45, 2.75) is 108 Å². The van der Waals surface area contributed by atoms with E-state index in [0.717, 1.165) is 23.8 Å². The van der Waals surface area contributed by atoms with Crippen LogP contribution in [0.25, 0.3) is 0 Å². The zero-order valence-corrected chi connectivity index (χ0v) is 17.5. The lowest BCUT2D eigenvalue weighted by Crippen LogP contribution is -2.48. The van der Waals surface area contributed by atoms with Gasteiger partial charge in [-0.25, -0.2) is 0 Å². The minimum absolute atomic E-state index is 0.707. The van der Waals surface area contributed by atoms with E-state index in [1.165, 1.54) is 19.3 Å². The molecular formula is C20H47N. The van der Waals surface area contributed by atoms with E-state index in [0.29, 0.717) is 6.04 Å². The Hall–Kier alpha value is -0.0400. The fourth-order valence-electron chi connectivity index (χ4n) is 3.23. The normalized spacial score (nSPS) is 12.4. The summed E-state index contributed by atoms with van der Waals surface area (Å²) in [5.41, 5.74) is 0. The van der Waals surface area contributed by atoms with Crippen molar-refractivity contribution in [2.75, 3.05) is 7.05 Å². The maximum Gasteiger partial charge on any atom is 0.0141 e. The summed E-state index contributed by atoms with van der Waals surface area (Å²) in [7, 11) is 2.32. The summed E-state index contributed by atoms with van der Waals surface area (Å²) in [5.74, 6) is 2.23. The van der Waals surface area contributed by atoms with Gasteiger partial charge in [-0.2, -0.15) is 0 Å². The zero-order chi connectivity index (χ0) is 17.6. The second kappa shape index (κ2) is 16.3. The summed E-state index contributed by atoms with van der Waals surface area (Å²) in [5, 5.41) is 0. The largest absolute Gasteiger partial charge is 0.300 e. The summed E-state index contributed by atoms with van der Waals surface area (Å²) >= 11 is 0. The van der Waals surface area contributed by atoms with Crippen molar-refractivity contribution in [3.05, 3.63) is 0 Å². The molecule has 0 aliphatic carbocycles. The van der Waals surface area contributed by atoms with Crippen LogP contribution in [-0.4, -0.2) is 24.0 Å². The topological polar surface area (TPSA) is 3.24 Å². The molecule has 0 aliphatic rings. The molecule has 0 bridgehead atoms. The van der Waals surface area contributed by atoms with Crippen LogP contribution in [0.1, 0.15) is 95.4 Å². The molecule has 1 atom stereocenters. The van der Waals surface area contributed by atoms with Gasteiger partial charge in [-0.1, -0.05) is 89.0 Å². The summed E-state index contributed by atoms with van der Waals surface area (Å²) in [6.07, 6.45) is 3.86. The van der Waals surface area contributed by atoms with Gasteiger partial charge in [-0.3, -0.25) is 4.90 Å². The molecule has 0 fully saturated rings. The predicted octanol–water partition coefficient (Wildman–Crippen LogP) is 6.87. The first-order chi connectivity index (χ1) is 9.74. The summed E-state index contributed by atoms with van der Waals surface area (Å²) in [4.78, 5) is 2.64. The molecule has 0 unspecified atom stereocenters. The molecule has 0 aromatic heterocycles. The number of hydrogen-bond acceptors (Lipinski definition) is 1. The SMILES string of the molecule is CC.CCC.CCC[C@@H](C(C)C)N(C)C(C(C)C)C(C)C. The van der Waals surface area contributed by atoms with Crippen LogP contribution in [0.15, 0.2) is 0 Å². The van der Waals surface area contributed by atoms with Gasteiger partial charge in [0, 0.05) is 12.1 Å². The lowest BCUT2D eigenvalue weighted by Gasteiger charge is -2.41. The van der Waals surface area contributed by atoms with Gasteiger partial charge in [0.05, 0.1) is 0 Å². The van der Waals surface area contributed by atoms with Crippen molar-refractivity contribution >= 4 is 0 Å². The predicted molar refractivity (Wildman–Crippen MR) is 102 cm³/mol. The number of rotatable bonds is 7. The smallest absolute Gasteiger partial charge is 0.0141 e. The minimum Gasteiger partial charge on any atom is -0.300 e. The number of nitrogens with zero attached hydrogens (tertiary/aromatic N) is 1. The van der Waals surface area contributed by atoms with Gasteiger partial charge in [0.1, 0.15) is 0 Å². The Kier molecular flexibility index (Phi) is 20.1. The van der Waals surface area contributed by atoms with Gasteiger partial charge < -0.3 is 0 Å². The van der Waals surface area contributed by atoms with Crippen molar-refractivity contribution in [1.82, 2.24) is 4.90 Å². The highest BCUT2D eigenvalue weighted by Gasteiger charge is 2.28. The van der Waals surface area contributed by atoms with Crippen LogP contribution in [-0.2, 0) is 0 Å². The highest BCUT2D eigenvalue weighted by Crippen LogP contribution is 2.25. The summed E-state index contributed by atoms with van der Waals surface area (Å²) < 4.78 is 0. The molecule has 0 amide bonds. The van der Waals surface area contributed by atoms with Crippen LogP contribution in [0.3, 0.4) is 0 Å². The molecule has 0 saturated heterocycles. The Bertz CT molecular complexity index is 176. The standard InChI is InChI=1S/C15H33N.C3H8.C2H6/c1-9-10-14(11(2)3)16(8)15(12(4)5)13(6)7;1-3-2;1-2/h11-15H,9-10H2,1-8H3;3H2,1-2H3;1-2H3/t14-;;/m0../s1. The van der Waals surface area contributed by atoms with Crippen LogP contribution >= 0.6 is 0 Å². The fourth-order valence-corrected chi connectivity index (χ4v) is 3.23. The van der Waals surface area contributed by atoms with E-state index in [1.54, 1.807) is 0 Å². The van der Waals surface area contributed by atoms with E-state index in [9.17, 15) is 0 Å². The Balaban J connectivity index is -0.000000569. The lowest BCUT2D eigenvalue weighted by atomic mass is 9.88. The molecular weight excluding hydrogens is 254 g/mol. The van der Waals surface area contributed by atoms with Gasteiger partial charge >= 0.3 is 0 Å². The van der Waals surface area contributed by atoms with E-state index >= 15 is 0 Å². The monoisotopic (exact) mass is 301 g/mol. The Labute approximate surface area is 137 Å². The van der Waals surface area contributed by atoms with Crippen LogP contribution in [0.5, 0.6) is 0 Å². The lowest BCUT2D eigenvalue weighted by molar-refractivity contribution is 0.0695. The maximum absolute atomic E-state index is 2.64. The molecule has 0 aromatic carbocycles. The molecule has 0 saturated carbocycles. The quantitative estimate of drug-likeness (QED) is 0.496. The van der Waals surface area contributed by atoms with E-state index in [4.69, 9.17) is 0 Å². The highest BCUT2D eigenvalue weighted by molar-refractivity contribution is 4.82. The van der Waals surface area contributed by atoms with Crippen molar-refractivity contribution in [3.63, 3.8) is 0 Å². The molecule has 0 spiro atoms. The van der Waals surface area contributed by atoms with Crippen molar-refractivity contribution in [3.8, 4) is 0 Å². The van der Waals surface area contributed by atoms with Crippen molar-refractivity contribution in [1.29, 1.82) is 0 Å². The van der Waals surface area contributed by atoms with Crippen LogP contribution in [0.2, 0.25) is 0 Å². The number of hydrogen-bond donors (Lipinski definition) is 0. The average Bonchev–Trinajstić information content (AvgIpc) is 2.37. The third-order valence-electron chi connectivity index (χ3n) is 3.71. The Morgan fingerprint density at radius 1 is 0.714 bits per heavy atom. The first kappa shape index (κ1) is 25.9. The summed E-state index contributed by atoms with van der Waals surface area (Å²) in [6.45, 7) is 24.7. The zero-order valence-electron chi connectivity index (χ0n) is 17.5. The molecule has 1 heteroatoms. The second-order valence-corrected chi connectivity index (χ2v) is 6.95. The van der Waals surface area contributed by atoms with Crippen LogP contribution in [0.4, 0.5) is 0 Å². The molecule has 0 radical (unpaired) electrons. The molecule has 1 nitrogen and oxygen atoms in total. The molecule has 21 heavy (non-hydrogen) atoms. The first-order valence-electron chi connectivity index (χ1n) is 9.46. The van der Waals surface area contributed by atoms with E-state index in [2.05, 4.69) is 74.3 Å². The molecule has 0 N–H and O–H groups in total. The molecule has 132 valence electrons. The van der Waals surface area contributed by atoms with E-state index in [1.807, 2.05) is 13.8 Å². The Morgan fingerprint density at radius 2 is 1.05 bits per heavy atom. The first-order valence-corrected chi connectivity index (χ1v) is 9.46. The maximum atomic E-state index is 2.64. The molecule has 0 heterocycles. The average molecular weight is 302 g/mol. The van der Waals surface area contributed by atoms with Gasteiger partial charge in [-0.05, 0) is 31.2 Å². The minimum atomic E-state index is 0.707. The van der Waals surface area contributed by atoms with Gasteiger partial charge in [0.2, 0.25) is 0 Å². The van der Waals surface area contributed by atoms with Crippen molar-refractivity contribution in [2.24, 2.45) is 17.8 Å². The Morgan fingerprint density at radius 3 is 1.24 bits per heavy atom. The third kappa shape index (κ3) is 12.2. The van der Waals surface area contributed by atoms with Crippen molar-refractivity contribution < 1.29 is 0 Å². The molecule has 0 rings (SSSR count). The molecule has 0 aromatic rings. The van der Waals surface area contributed by atoms with Gasteiger partial charge in [-0.15, -0.1) is 0 Å². The van der Waals surface area contributed by atoms with Gasteiger partial charge in [0.15, 0.2) is 0 Å². The summed E-state index contributed by atoms with van der Waals surface area (Å²) in [6, 6.07) is 1.44. The van der Waals surface area contributed by atoms with E-state index < -0.39 is 0 Å². The van der Waals surface area contributed by atoms with Gasteiger partial charge in [0.25, 0.3) is 0 Å². The third-order valence-corrected chi connectivity index (χ3v) is 3.71. The van der Waals surface area contributed by atoms with Crippen LogP contribution < -0.4 is 0 Å². The van der Waals surface area contributed by atoms with E-state index in [-0.39, 0.29) is 0 Å². The molecule has 0 aliphatic heterocycles.